The van der Waals surface area contributed by atoms with Gasteiger partial charge in [-0.15, -0.1) is 0 Å². The van der Waals surface area contributed by atoms with Crippen molar-refractivity contribution in [1.82, 2.24) is 24.3 Å². The van der Waals surface area contributed by atoms with Crippen LogP contribution in [0.5, 0.6) is 11.5 Å². The van der Waals surface area contributed by atoms with Crippen LogP contribution in [0.25, 0.3) is 22.2 Å². The summed E-state index contributed by atoms with van der Waals surface area (Å²) >= 11 is 0. The maximum Gasteiger partial charge on any atom is 0.246 e. The molecule has 0 aliphatic carbocycles. The van der Waals surface area contributed by atoms with Crippen LogP contribution in [-0.2, 0) is 16.6 Å². The van der Waals surface area contributed by atoms with Crippen molar-refractivity contribution in [2.45, 2.75) is 0 Å². The summed E-state index contributed by atoms with van der Waals surface area (Å²) < 4.78 is 13.3. The normalized spacial score (nSPS) is 16.0. The van der Waals surface area contributed by atoms with Gasteiger partial charge in [0.1, 0.15) is 35.0 Å². The van der Waals surface area contributed by atoms with Crippen LogP contribution in [0, 0.1) is 17.8 Å². The number of benzene rings is 2. The van der Waals surface area contributed by atoms with Gasteiger partial charge in [-0.2, -0.15) is 0 Å². The number of carbonyl (C=O) groups is 1. The second-order valence-corrected chi connectivity index (χ2v) is 10.2. The molecule has 41 heavy (non-hydrogen) atoms. The highest BCUT2D eigenvalue weighted by atomic mass is 16.5. The van der Waals surface area contributed by atoms with Crippen molar-refractivity contribution >= 4 is 22.8 Å². The number of aromatic nitrogens is 3. The van der Waals surface area contributed by atoms with E-state index in [9.17, 15) is 4.79 Å². The lowest BCUT2D eigenvalue weighted by atomic mass is 9.99. The molecule has 0 spiro atoms. The van der Waals surface area contributed by atoms with E-state index in [1.54, 1.807) is 6.08 Å². The summed E-state index contributed by atoms with van der Waals surface area (Å²) in [5.41, 5.74) is 9.70. The third-order valence-electron chi connectivity index (χ3n) is 7.43. The number of hydrogen-bond donors (Lipinski definition) is 1. The first-order valence-electron chi connectivity index (χ1n) is 13.8. The number of anilines is 1. The molecule has 208 valence electrons. The minimum atomic E-state index is 0.0301. The number of aryl methyl sites for hydroxylation is 1. The van der Waals surface area contributed by atoms with E-state index in [0.29, 0.717) is 18.9 Å². The number of rotatable bonds is 6. The van der Waals surface area contributed by atoms with Crippen LogP contribution in [0.15, 0.2) is 73.1 Å². The van der Waals surface area contributed by atoms with E-state index in [1.165, 1.54) is 6.33 Å². The first-order chi connectivity index (χ1) is 20.1. The Balaban J connectivity index is 1.19. The number of morpholine rings is 1. The molecule has 9 heteroatoms. The Morgan fingerprint density at radius 3 is 2.56 bits per heavy atom. The Hall–Kier alpha value is -4.65. The van der Waals surface area contributed by atoms with Gasteiger partial charge < -0.3 is 24.7 Å². The SMILES string of the molecule is Cn1c(C#CC2CN(C(=O)/C=C/CN3CCOCC3)C2)c(-c2ccc(Oc3ccccc3)cc2)c2c(N)ncnc21. The number of nitrogens with zero attached hydrogens (tertiary/aromatic N) is 5. The van der Waals surface area contributed by atoms with Crippen LogP contribution in [0.3, 0.4) is 0 Å². The zero-order chi connectivity index (χ0) is 28.2. The van der Waals surface area contributed by atoms with Crippen LogP contribution in [0.2, 0.25) is 0 Å². The Kier molecular flexibility index (Phi) is 7.67. The molecule has 0 bridgehead atoms. The second kappa shape index (κ2) is 11.8. The molecule has 0 atom stereocenters. The van der Waals surface area contributed by atoms with Gasteiger partial charge in [-0.05, 0) is 35.7 Å². The highest BCUT2D eigenvalue weighted by Gasteiger charge is 2.28. The number of amides is 1. The van der Waals surface area contributed by atoms with E-state index in [4.69, 9.17) is 15.2 Å². The molecule has 0 unspecified atom stereocenters. The zero-order valence-electron chi connectivity index (χ0n) is 23.0. The monoisotopic (exact) mass is 548 g/mol. The van der Waals surface area contributed by atoms with Gasteiger partial charge in [0.15, 0.2) is 0 Å². The predicted octanol–water partition coefficient (Wildman–Crippen LogP) is 3.71. The minimum absolute atomic E-state index is 0.0301. The maximum absolute atomic E-state index is 12.6. The fraction of sp³-hybridized carbons (Fsp3) is 0.281. The first kappa shape index (κ1) is 26.6. The number of hydrogen-bond acceptors (Lipinski definition) is 7. The van der Waals surface area contributed by atoms with Crippen molar-refractivity contribution < 1.29 is 14.3 Å². The molecule has 1 amide bonds. The van der Waals surface area contributed by atoms with Gasteiger partial charge >= 0.3 is 0 Å². The number of carbonyl (C=O) groups excluding carboxylic acids is 1. The minimum Gasteiger partial charge on any atom is -0.457 e. The van der Waals surface area contributed by atoms with Gasteiger partial charge in [-0.3, -0.25) is 9.69 Å². The molecule has 2 saturated heterocycles. The highest BCUT2D eigenvalue weighted by molar-refractivity contribution is 6.03. The van der Waals surface area contributed by atoms with Crippen molar-refractivity contribution in [2.24, 2.45) is 13.0 Å². The van der Waals surface area contributed by atoms with Crippen LogP contribution < -0.4 is 10.5 Å². The average molecular weight is 549 g/mol. The van der Waals surface area contributed by atoms with Crippen molar-refractivity contribution in [3.05, 3.63) is 78.8 Å². The molecule has 4 heterocycles. The third-order valence-corrected chi connectivity index (χ3v) is 7.43. The molecule has 0 radical (unpaired) electrons. The van der Waals surface area contributed by atoms with Crippen molar-refractivity contribution in [3.63, 3.8) is 0 Å². The number of nitrogen functional groups attached to an aromatic ring is 1. The lowest BCUT2D eigenvalue weighted by molar-refractivity contribution is -0.130. The predicted molar refractivity (Wildman–Crippen MR) is 158 cm³/mol. The van der Waals surface area contributed by atoms with Gasteiger partial charge in [0.05, 0.1) is 24.5 Å². The van der Waals surface area contributed by atoms with E-state index >= 15 is 0 Å². The maximum atomic E-state index is 12.6. The lowest BCUT2D eigenvalue weighted by Crippen LogP contribution is -2.48. The molecular weight excluding hydrogens is 516 g/mol. The number of fused-ring (bicyclic) bond motifs is 1. The van der Waals surface area contributed by atoms with Crippen molar-refractivity contribution in [1.29, 1.82) is 0 Å². The van der Waals surface area contributed by atoms with Crippen molar-refractivity contribution in [3.8, 4) is 34.5 Å². The highest BCUT2D eigenvalue weighted by Crippen LogP contribution is 2.37. The molecule has 2 aromatic carbocycles. The summed E-state index contributed by atoms with van der Waals surface area (Å²) in [6.07, 6.45) is 5.08. The summed E-state index contributed by atoms with van der Waals surface area (Å²) in [6, 6.07) is 17.5. The fourth-order valence-electron chi connectivity index (χ4n) is 5.13. The topological polar surface area (TPSA) is 98.7 Å². The zero-order valence-corrected chi connectivity index (χ0v) is 23.0. The average Bonchev–Trinajstić information content (AvgIpc) is 3.26. The summed E-state index contributed by atoms with van der Waals surface area (Å²) in [4.78, 5) is 25.4. The van der Waals surface area contributed by atoms with Gasteiger partial charge in [0.25, 0.3) is 0 Å². The number of para-hydroxylation sites is 1. The summed E-state index contributed by atoms with van der Waals surface area (Å²) in [5.74, 6) is 8.80. The van der Waals surface area contributed by atoms with E-state index in [2.05, 4.69) is 26.7 Å². The Bertz CT molecular complexity index is 1620. The molecular formula is C32H32N6O3. The van der Waals surface area contributed by atoms with E-state index < -0.39 is 0 Å². The summed E-state index contributed by atoms with van der Waals surface area (Å²) in [5, 5.41) is 0.770. The largest absolute Gasteiger partial charge is 0.457 e. The number of ether oxygens (including phenoxy) is 2. The van der Waals surface area contributed by atoms with Crippen LogP contribution in [0.4, 0.5) is 5.82 Å². The van der Waals surface area contributed by atoms with Gasteiger partial charge in [0, 0.05) is 51.4 Å². The fourth-order valence-corrected chi connectivity index (χ4v) is 5.13. The molecule has 0 saturated carbocycles. The standard InChI is InChI=1S/C32H32N6O3/c1-36-27(14-9-23-20-38(21-23)28(39)8-5-15-37-16-18-40-19-17-37)29(30-31(33)34-22-35-32(30)36)24-10-12-26(13-11-24)41-25-6-3-2-4-7-25/h2-8,10-13,22-23H,15-21H2,1H3,(H2,33,34,35)/b8-5+. The number of nitrogens with two attached hydrogens (primary N) is 1. The second-order valence-electron chi connectivity index (χ2n) is 10.2. The van der Waals surface area contributed by atoms with E-state index in [-0.39, 0.29) is 11.8 Å². The Morgan fingerprint density at radius 2 is 1.80 bits per heavy atom. The smallest absolute Gasteiger partial charge is 0.246 e. The Labute approximate surface area is 239 Å². The van der Waals surface area contributed by atoms with Crippen molar-refractivity contribution in [2.75, 3.05) is 51.7 Å². The van der Waals surface area contributed by atoms with E-state index in [1.807, 2.05) is 77.2 Å². The van der Waals surface area contributed by atoms with Crippen LogP contribution in [-0.4, -0.2) is 76.2 Å². The quantitative estimate of drug-likeness (QED) is 0.290. The summed E-state index contributed by atoms with van der Waals surface area (Å²) in [7, 11) is 1.94. The molecule has 9 nitrogen and oxygen atoms in total. The van der Waals surface area contributed by atoms with Gasteiger partial charge in [0.2, 0.25) is 5.91 Å². The Morgan fingerprint density at radius 1 is 1.07 bits per heavy atom. The molecule has 4 aromatic rings. The van der Waals surface area contributed by atoms with Gasteiger partial charge in [-0.25, -0.2) is 9.97 Å². The molecule has 2 N–H and O–H groups in total. The molecule has 2 fully saturated rings. The molecule has 2 aliphatic heterocycles. The first-order valence-corrected chi connectivity index (χ1v) is 13.8. The van der Waals surface area contributed by atoms with Gasteiger partial charge in [-0.1, -0.05) is 42.3 Å². The third kappa shape index (κ3) is 5.80. The lowest BCUT2D eigenvalue weighted by Gasteiger charge is -2.35. The number of likely N-dealkylation sites (tertiary alicyclic amines) is 1. The van der Waals surface area contributed by atoms with E-state index in [0.717, 1.165) is 72.2 Å². The van der Waals surface area contributed by atoms with Crippen LogP contribution >= 0.6 is 0 Å². The van der Waals surface area contributed by atoms with Crippen LogP contribution in [0.1, 0.15) is 5.69 Å². The molecule has 6 rings (SSSR count). The summed E-state index contributed by atoms with van der Waals surface area (Å²) in [6.45, 7) is 5.29. The molecule has 2 aliphatic rings. The molecule has 2 aromatic heterocycles.